The first-order valence-corrected chi connectivity index (χ1v) is 4.49. The van der Waals surface area contributed by atoms with Gasteiger partial charge in [-0.2, -0.15) is 0 Å². The van der Waals surface area contributed by atoms with E-state index < -0.39 is 0 Å². The monoisotopic (exact) mass is 174 g/mol. The molecule has 0 fully saturated rings. The maximum absolute atomic E-state index is 5.39. The van der Waals surface area contributed by atoms with E-state index >= 15 is 0 Å². The lowest BCUT2D eigenvalue weighted by Gasteiger charge is -2.10. The third-order valence-corrected chi connectivity index (χ3v) is 1.75. The van der Waals surface area contributed by atoms with Gasteiger partial charge in [0.25, 0.3) is 0 Å². The Hall–Kier alpha value is -1.33. The Morgan fingerprint density at radius 1 is 1.62 bits per heavy atom. The fraction of sp³-hybridized carbons (Fsp3) is 0.364. The van der Waals surface area contributed by atoms with Crippen molar-refractivity contribution in [2.45, 2.75) is 19.4 Å². The lowest BCUT2D eigenvalue weighted by atomic mass is 10.2. The van der Waals surface area contributed by atoms with E-state index in [2.05, 4.69) is 23.1 Å². The molecular formula is C11H14N2. The molecule has 1 aromatic rings. The van der Waals surface area contributed by atoms with Crippen LogP contribution in [0.25, 0.3) is 0 Å². The molecule has 0 aliphatic rings. The highest BCUT2D eigenvalue weighted by molar-refractivity contribution is 5.17. The van der Waals surface area contributed by atoms with Crippen LogP contribution >= 0.6 is 0 Å². The lowest BCUT2D eigenvalue weighted by Crippen LogP contribution is -2.21. The number of nitrogens with one attached hydrogen (secondary N) is 1. The first-order chi connectivity index (χ1) is 6.38. The molecule has 0 aliphatic carbocycles. The van der Waals surface area contributed by atoms with Crippen molar-refractivity contribution in [1.29, 1.82) is 0 Å². The van der Waals surface area contributed by atoms with Gasteiger partial charge in [0.1, 0.15) is 6.04 Å². The van der Waals surface area contributed by atoms with E-state index in [1.807, 2.05) is 18.2 Å². The van der Waals surface area contributed by atoms with Crippen LogP contribution in [0.5, 0.6) is 0 Å². The smallest absolute Gasteiger partial charge is 0.111 e. The molecule has 1 rings (SSSR count). The summed E-state index contributed by atoms with van der Waals surface area (Å²) in [7, 11) is 0. The van der Waals surface area contributed by atoms with E-state index in [4.69, 9.17) is 6.42 Å². The van der Waals surface area contributed by atoms with Gasteiger partial charge in [0.2, 0.25) is 0 Å². The summed E-state index contributed by atoms with van der Waals surface area (Å²) in [6, 6.07) is 5.71. The van der Waals surface area contributed by atoms with Gasteiger partial charge >= 0.3 is 0 Å². The molecule has 1 unspecified atom stereocenters. The van der Waals surface area contributed by atoms with E-state index in [0.29, 0.717) is 0 Å². The minimum atomic E-state index is -0.0545. The van der Waals surface area contributed by atoms with Gasteiger partial charge in [-0.3, -0.25) is 10.3 Å². The lowest BCUT2D eigenvalue weighted by molar-refractivity contribution is 0.614. The van der Waals surface area contributed by atoms with E-state index in [1.54, 1.807) is 6.20 Å². The Morgan fingerprint density at radius 3 is 3.00 bits per heavy atom. The molecule has 0 aliphatic heterocycles. The SMILES string of the molecule is C#CC(NCCC)c1ccccn1. The van der Waals surface area contributed by atoms with Crippen LogP contribution in [0.2, 0.25) is 0 Å². The predicted octanol–water partition coefficient (Wildman–Crippen LogP) is 1.76. The molecule has 13 heavy (non-hydrogen) atoms. The van der Waals surface area contributed by atoms with Gasteiger partial charge in [-0.05, 0) is 25.1 Å². The first-order valence-electron chi connectivity index (χ1n) is 4.49. The highest BCUT2D eigenvalue weighted by Crippen LogP contribution is 2.06. The molecule has 68 valence electrons. The van der Waals surface area contributed by atoms with E-state index in [-0.39, 0.29) is 6.04 Å². The summed E-state index contributed by atoms with van der Waals surface area (Å²) in [6.07, 6.45) is 8.22. The van der Waals surface area contributed by atoms with Crippen molar-refractivity contribution in [2.75, 3.05) is 6.54 Å². The van der Waals surface area contributed by atoms with Crippen LogP contribution in [0.4, 0.5) is 0 Å². The average molecular weight is 174 g/mol. The number of hydrogen-bond donors (Lipinski definition) is 1. The Balaban J connectivity index is 2.63. The molecule has 0 aromatic carbocycles. The standard InChI is InChI=1S/C11H14N2/c1-3-8-12-10(4-2)11-7-5-6-9-13-11/h2,5-7,9-10,12H,3,8H2,1H3. The fourth-order valence-corrected chi connectivity index (χ4v) is 1.08. The average Bonchev–Trinajstić information content (AvgIpc) is 2.21. The topological polar surface area (TPSA) is 24.9 Å². The Kier molecular flexibility index (Phi) is 4.01. The fourth-order valence-electron chi connectivity index (χ4n) is 1.08. The maximum atomic E-state index is 5.39. The van der Waals surface area contributed by atoms with Gasteiger partial charge in [0.05, 0.1) is 5.69 Å². The summed E-state index contributed by atoms with van der Waals surface area (Å²) in [6.45, 7) is 3.03. The molecular weight excluding hydrogens is 160 g/mol. The number of pyridine rings is 1. The number of aromatic nitrogens is 1. The number of terminal acetylenes is 1. The minimum Gasteiger partial charge on any atom is -0.299 e. The van der Waals surface area contributed by atoms with Gasteiger partial charge in [0, 0.05) is 6.20 Å². The van der Waals surface area contributed by atoms with E-state index in [1.165, 1.54) is 0 Å². The van der Waals surface area contributed by atoms with Crippen molar-refractivity contribution in [3.05, 3.63) is 30.1 Å². The summed E-state index contributed by atoms with van der Waals surface area (Å²) in [5.74, 6) is 2.68. The van der Waals surface area contributed by atoms with Crippen LogP contribution in [-0.2, 0) is 0 Å². The summed E-state index contributed by atoms with van der Waals surface area (Å²) < 4.78 is 0. The molecule has 0 radical (unpaired) electrons. The Morgan fingerprint density at radius 2 is 2.46 bits per heavy atom. The highest BCUT2D eigenvalue weighted by Gasteiger charge is 2.06. The number of hydrogen-bond acceptors (Lipinski definition) is 2. The third kappa shape index (κ3) is 2.89. The van der Waals surface area contributed by atoms with Crippen LogP contribution in [0, 0.1) is 12.3 Å². The molecule has 1 atom stereocenters. The molecule has 2 heteroatoms. The van der Waals surface area contributed by atoms with Crippen LogP contribution in [0.15, 0.2) is 24.4 Å². The zero-order chi connectivity index (χ0) is 9.52. The molecule has 0 bridgehead atoms. The highest BCUT2D eigenvalue weighted by atomic mass is 14.9. The number of rotatable bonds is 4. The minimum absolute atomic E-state index is 0.0545. The van der Waals surface area contributed by atoms with Crippen molar-refractivity contribution < 1.29 is 0 Å². The summed E-state index contributed by atoms with van der Waals surface area (Å²) in [5.41, 5.74) is 0.915. The van der Waals surface area contributed by atoms with Crippen molar-refractivity contribution in [3.8, 4) is 12.3 Å². The largest absolute Gasteiger partial charge is 0.299 e. The Labute approximate surface area is 79.4 Å². The third-order valence-electron chi connectivity index (χ3n) is 1.75. The second-order valence-corrected chi connectivity index (χ2v) is 2.81. The molecule has 0 spiro atoms. The summed E-state index contributed by atoms with van der Waals surface area (Å²) in [5, 5.41) is 3.24. The number of nitrogens with zero attached hydrogens (tertiary/aromatic N) is 1. The van der Waals surface area contributed by atoms with Gasteiger partial charge in [-0.25, -0.2) is 0 Å². The molecule has 0 amide bonds. The van der Waals surface area contributed by atoms with Gasteiger partial charge < -0.3 is 0 Å². The van der Waals surface area contributed by atoms with Gasteiger partial charge in [-0.1, -0.05) is 18.9 Å². The van der Waals surface area contributed by atoms with Crippen molar-refractivity contribution in [2.24, 2.45) is 0 Å². The van der Waals surface area contributed by atoms with Crippen LogP contribution in [0.1, 0.15) is 25.1 Å². The zero-order valence-electron chi connectivity index (χ0n) is 7.83. The van der Waals surface area contributed by atoms with Gasteiger partial charge in [-0.15, -0.1) is 6.42 Å². The first kappa shape index (κ1) is 9.76. The second-order valence-electron chi connectivity index (χ2n) is 2.81. The quantitative estimate of drug-likeness (QED) is 0.703. The molecule has 1 N–H and O–H groups in total. The normalized spacial score (nSPS) is 12.0. The van der Waals surface area contributed by atoms with Crippen molar-refractivity contribution in [3.63, 3.8) is 0 Å². The molecule has 1 aromatic heterocycles. The van der Waals surface area contributed by atoms with Crippen molar-refractivity contribution >= 4 is 0 Å². The summed E-state index contributed by atoms with van der Waals surface area (Å²) >= 11 is 0. The van der Waals surface area contributed by atoms with Crippen LogP contribution in [-0.4, -0.2) is 11.5 Å². The van der Waals surface area contributed by atoms with Crippen LogP contribution < -0.4 is 5.32 Å². The molecule has 0 saturated heterocycles. The summed E-state index contributed by atoms with van der Waals surface area (Å²) in [4.78, 5) is 4.20. The van der Waals surface area contributed by atoms with Crippen molar-refractivity contribution in [1.82, 2.24) is 10.3 Å². The Bertz CT molecular complexity index is 274. The molecule has 2 nitrogen and oxygen atoms in total. The maximum Gasteiger partial charge on any atom is 0.111 e. The van der Waals surface area contributed by atoms with E-state index in [9.17, 15) is 0 Å². The zero-order valence-corrected chi connectivity index (χ0v) is 7.83. The predicted molar refractivity (Wildman–Crippen MR) is 54.1 cm³/mol. The second kappa shape index (κ2) is 5.34. The van der Waals surface area contributed by atoms with Gasteiger partial charge in [0.15, 0.2) is 0 Å². The molecule has 1 heterocycles. The van der Waals surface area contributed by atoms with Crippen LogP contribution in [0.3, 0.4) is 0 Å². The molecule has 0 saturated carbocycles. The van der Waals surface area contributed by atoms with E-state index in [0.717, 1.165) is 18.7 Å².